The first-order valence-electron chi connectivity index (χ1n) is 4.97. The van der Waals surface area contributed by atoms with Crippen LogP contribution in [0.3, 0.4) is 0 Å². The van der Waals surface area contributed by atoms with E-state index in [4.69, 9.17) is 0 Å². The van der Waals surface area contributed by atoms with Gasteiger partial charge >= 0.3 is 0 Å². The zero-order valence-corrected chi connectivity index (χ0v) is 8.81. The van der Waals surface area contributed by atoms with Gasteiger partial charge in [0.2, 0.25) is 0 Å². The molecule has 0 saturated heterocycles. The molecule has 2 aliphatic carbocycles. The van der Waals surface area contributed by atoms with Crippen LogP contribution in [-0.4, -0.2) is 10.7 Å². The highest BCUT2D eigenvalue weighted by Gasteiger charge is 2.77. The number of hydrogen-bond acceptors (Lipinski definition) is 1. The first kappa shape index (κ1) is 8.55. The van der Waals surface area contributed by atoms with Gasteiger partial charge in [0, 0.05) is 0 Å². The molecule has 0 radical (unpaired) electrons. The monoisotopic (exact) mass is 168 g/mol. The first-order valence-corrected chi connectivity index (χ1v) is 4.97. The van der Waals surface area contributed by atoms with Gasteiger partial charge in [-0.2, -0.15) is 0 Å². The lowest BCUT2D eigenvalue weighted by Crippen LogP contribution is -2.17. The molecule has 1 nitrogen and oxygen atoms in total. The van der Waals surface area contributed by atoms with Crippen molar-refractivity contribution in [3.8, 4) is 0 Å². The third-order valence-electron chi connectivity index (χ3n) is 4.85. The molecule has 0 amide bonds. The maximum atomic E-state index is 10.2. The highest BCUT2D eigenvalue weighted by Crippen LogP contribution is 2.77. The van der Waals surface area contributed by atoms with E-state index in [1.807, 2.05) is 0 Å². The average molecular weight is 168 g/mol. The quantitative estimate of drug-likeness (QED) is 0.637. The molecule has 2 saturated carbocycles. The van der Waals surface area contributed by atoms with Crippen molar-refractivity contribution >= 4 is 0 Å². The summed E-state index contributed by atoms with van der Waals surface area (Å²) in [4.78, 5) is 0. The van der Waals surface area contributed by atoms with E-state index in [1.54, 1.807) is 0 Å². The third kappa shape index (κ3) is 0.693. The van der Waals surface area contributed by atoms with Crippen molar-refractivity contribution in [3.63, 3.8) is 0 Å². The summed E-state index contributed by atoms with van der Waals surface area (Å²) >= 11 is 0. The van der Waals surface area contributed by atoms with E-state index in [1.165, 1.54) is 0 Å². The Morgan fingerprint density at radius 3 is 1.50 bits per heavy atom. The molecule has 0 aromatic heterocycles. The summed E-state index contributed by atoms with van der Waals surface area (Å²) in [6.07, 6.45) is 1.02. The highest BCUT2D eigenvalue weighted by atomic mass is 16.3. The van der Waals surface area contributed by atoms with Gasteiger partial charge < -0.3 is 5.11 Å². The second-order valence-corrected chi connectivity index (χ2v) is 5.97. The Hall–Kier alpha value is -0.0400. The number of aliphatic hydroxyl groups is 1. The Morgan fingerprint density at radius 2 is 1.42 bits per heavy atom. The van der Waals surface area contributed by atoms with Gasteiger partial charge in [-0.25, -0.2) is 0 Å². The van der Waals surface area contributed by atoms with E-state index in [0.29, 0.717) is 22.7 Å². The van der Waals surface area contributed by atoms with Crippen LogP contribution in [0.4, 0.5) is 0 Å². The second-order valence-electron chi connectivity index (χ2n) is 5.97. The maximum absolute atomic E-state index is 10.2. The first-order chi connectivity index (χ1) is 5.24. The summed E-state index contributed by atoms with van der Waals surface area (Å²) in [6, 6.07) is 0. The van der Waals surface area contributed by atoms with Crippen molar-refractivity contribution in [3.05, 3.63) is 0 Å². The van der Waals surface area contributed by atoms with Crippen molar-refractivity contribution in [1.29, 1.82) is 0 Å². The molecule has 0 aromatic rings. The zero-order chi connectivity index (χ0) is 9.36. The molecule has 1 heteroatoms. The molecule has 2 aliphatic rings. The summed E-state index contributed by atoms with van der Waals surface area (Å²) in [5.41, 5.74) is 0.367. The van der Waals surface area contributed by atoms with E-state index in [-0.39, 0.29) is 5.60 Å². The van der Waals surface area contributed by atoms with Crippen molar-refractivity contribution in [1.82, 2.24) is 0 Å². The van der Waals surface area contributed by atoms with Crippen LogP contribution < -0.4 is 0 Å². The minimum absolute atomic E-state index is 0.312. The molecule has 2 atom stereocenters. The van der Waals surface area contributed by atoms with Gasteiger partial charge in [-0.3, -0.25) is 0 Å². The molecule has 0 aromatic carbocycles. The van der Waals surface area contributed by atoms with Gasteiger partial charge in [-0.1, -0.05) is 34.6 Å². The largest absolute Gasteiger partial charge is 0.389 e. The minimum atomic E-state index is -0.312. The van der Waals surface area contributed by atoms with Crippen molar-refractivity contribution in [2.45, 2.75) is 46.6 Å². The molecule has 2 fully saturated rings. The van der Waals surface area contributed by atoms with Gasteiger partial charge in [-0.05, 0) is 29.1 Å². The van der Waals surface area contributed by atoms with Gasteiger partial charge in [0.05, 0.1) is 5.60 Å². The summed E-state index contributed by atoms with van der Waals surface area (Å²) in [5.74, 6) is 1.05. The molecule has 0 spiro atoms. The van der Waals surface area contributed by atoms with E-state index in [2.05, 4.69) is 34.6 Å². The van der Waals surface area contributed by atoms with E-state index in [0.717, 1.165) is 6.42 Å². The summed E-state index contributed by atoms with van der Waals surface area (Å²) < 4.78 is 0. The third-order valence-corrected chi connectivity index (χ3v) is 4.85. The molecule has 0 heterocycles. The fourth-order valence-corrected chi connectivity index (χ4v) is 3.28. The lowest BCUT2D eigenvalue weighted by molar-refractivity contribution is 0.0887. The van der Waals surface area contributed by atoms with Crippen LogP contribution in [-0.2, 0) is 0 Å². The Bertz CT molecular complexity index is 215. The van der Waals surface area contributed by atoms with Gasteiger partial charge in [0.1, 0.15) is 0 Å². The Labute approximate surface area is 75.2 Å². The van der Waals surface area contributed by atoms with Crippen LogP contribution in [0.1, 0.15) is 41.0 Å². The average Bonchev–Trinajstić information content (AvgIpc) is 2.49. The lowest BCUT2D eigenvalue weighted by atomic mass is 10.0. The van der Waals surface area contributed by atoms with Crippen LogP contribution in [0.25, 0.3) is 0 Å². The van der Waals surface area contributed by atoms with E-state index >= 15 is 0 Å². The summed E-state index contributed by atoms with van der Waals surface area (Å²) in [6.45, 7) is 11.3. The highest BCUT2D eigenvalue weighted by molar-refractivity contribution is 5.25. The summed E-state index contributed by atoms with van der Waals surface area (Å²) in [7, 11) is 0. The van der Waals surface area contributed by atoms with Crippen LogP contribution in [0.2, 0.25) is 0 Å². The smallest absolute Gasteiger partial charge is 0.0716 e. The van der Waals surface area contributed by atoms with Crippen LogP contribution in [0.5, 0.6) is 0 Å². The molecule has 2 unspecified atom stereocenters. The Kier molecular flexibility index (Phi) is 1.24. The standard InChI is InChI=1S/C11H20O/c1-7-6-11(7,12)8-9(2,3)10(8,4)5/h7-8,12H,6H2,1-5H3. The topological polar surface area (TPSA) is 20.2 Å². The zero-order valence-electron chi connectivity index (χ0n) is 8.81. The predicted molar refractivity (Wildman–Crippen MR) is 49.8 cm³/mol. The van der Waals surface area contributed by atoms with E-state index in [9.17, 15) is 5.11 Å². The Morgan fingerprint density at radius 1 is 1.08 bits per heavy atom. The molecular weight excluding hydrogens is 148 g/mol. The fourth-order valence-electron chi connectivity index (χ4n) is 3.28. The van der Waals surface area contributed by atoms with E-state index < -0.39 is 0 Å². The van der Waals surface area contributed by atoms with Gasteiger partial charge in [0.15, 0.2) is 0 Å². The Balaban J connectivity index is 2.21. The second kappa shape index (κ2) is 1.75. The molecule has 0 bridgehead atoms. The molecule has 1 N–H and O–H groups in total. The van der Waals surface area contributed by atoms with Gasteiger partial charge in [0.25, 0.3) is 0 Å². The van der Waals surface area contributed by atoms with Crippen LogP contribution >= 0.6 is 0 Å². The van der Waals surface area contributed by atoms with Crippen LogP contribution in [0, 0.1) is 22.7 Å². The molecule has 0 aliphatic heterocycles. The minimum Gasteiger partial charge on any atom is -0.389 e. The van der Waals surface area contributed by atoms with Crippen LogP contribution in [0.15, 0.2) is 0 Å². The molecular formula is C11H20O. The number of hydrogen-bond donors (Lipinski definition) is 1. The van der Waals surface area contributed by atoms with Crippen molar-refractivity contribution < 1.29 is 5.11 Å². The lowest BCUT2D eigenvalue weighted by Gasteiger charge is -2.10. The maximum Gasteiger partial charge on any atom is 0.0716 e. The van der Waals surface area contributed by atoms with Gasteiger partial charge in [-0.15, -0.1) is 0 Å². The fraction of sp³-hybridized carbons (Fsp3) is 1.00. The molecule has 12 heavy (non-hydrogen) atoms. The summed E-state index contributed by atoms with van der Waals surface area (Å²) in [5, 5.41) is 10.2. The SMILES string of the molecule is CC1CC1(O)C1C(C)(C)C1(C)C. The van der Waals surface area contributed by atoms with Crippen molar-refractivity contribution in [2.75, 3.05) is 0 Å². The normalized spacial score (nSPS) is 49.0. The van der Waals surface area contributed by atoms with Crippen molar-refractivity contribution in [2.24, 2.45) is 22.7 Å². The molecule has 2 rings (SSSR count). The molecule has 70 valence electrons. The number of rotatable bonds is 1. The predicted octanol–water partition coefficient (Wildman–Crippen LogP) is 2.44.